The Bertz CT molecular complexity index is 1170. The first-order valence-corrected chi connectivity index (χ1v) is 10.4. The second-order valence-corrected chi connectivity index (χ2v) is 8.10. The summed E-state index contributed by atoms with van der Waals surface area (Å²) in [5.41, 5.74) is 3.65. The number of hydrogen-bond donors (Lipinski definition) is 2. The zero-order valence-electron chi connectivity index (χ0n) is 15.7. The maximum Gasteiger partial charge on any atom is 0.259 e. The maximum absolute atomic E-state index is 13.0. The molecule has 8 heteroatoms. The van der Waals surface area contributed by atoms with Gasteiger partial charge in [-0.3, -0.25) is 4.79 Å². The topological polar surface area (TPSA) is 80.0 Å². The third kappa shape index (κ3) is 4.03. The van der Waals surface area contributed by atoms with E-state index in [2.05, 4.69) is 22.3 Å². The molecule has 0 saturated carbocycles. The van der Waals surface area contributed by atoms with Crippen LogP contribution in [0.4, 0.5) is 5.69 Å². The molecule has 0 aliphatic rings. The van der Waals surface area contributed by atoms with Crippen molar-refractivity contribution in [1.82, 2.24) is 14.8 Å². The van der Waals surface area contributed by atoms with Crippen LogP contribution < -0.4 is 5.32 Å². The summed E-state index contributed by atoms with van der Waals surface area (Å²) in [6, 6.07) is 12.9. The van der Waals surface area contributed by atoms with Crippen molar-refractivity contribution in [3.8, 4) is 5.69 Å². The van der Waals surface area contributed by atoms with Crippen LogP contribution in [0.2, 0.25) is 5.02 Å². The van der Waals surface area contributed by atoms with Gasteiger partial charge >= 0.3 is 0 Å². The van der Waals surface area contributed by atoms with Crippen LogP contribution >= 0.6 is 22.9 Å². The van der Waals surface area contributed by atoms with Crippen molar-refractivity contribution in [3.63, 3.8) is 0 Å². The summed E-state index contributed by atoms with van der Waals surface area (Å²) in [5.74, 6) is -0.217. The minimum absolute atomic E-state index is 0.0920. The van der Waals surface area contributed by atoms with Crippen LogP contribution in [0.25, 0.3) is 15.9 Å². The minimum Gasteiger partial charge on any atom is -0.389 e. The Labute approximate surface area is 176 Å². The lowest BCUT2D eigenvalue weighted by Gasteiger charge is -2.10. The second kappa shape index (κ2) is 8.32. The first kappa shape index (κ1) is 19.6. The van der Waals surface area contributed by atoms with E-state index >= 15 is 0 Å². The first-order valence-electron chi connectivity index (χ1n) is 9.23. The fourth-order valence-electron chi connectivity index (χ4n) is 3.16. The monoisotopic (exact) mass is 426 g/mol. The van der Waals surface area contributed by atoms with E-state index in [1.807, 2.05) is 30.3 Å². The van der Waals surface area contributed by atoms with E-state index in [1.165, 1.54) is 11.3 Å². The number of halogens is 1. The number of amides is 1. The number of nitrogens with zero attached hydrogens (tertiary/aromatic N) is 3. The zero-order valence-corrected chi connectivity index (χ0v) is 17.3. The Morgan fingerprint density at radius 3 is 2.76 bits per heavy atom. The lowest BCUT2D eigenvalue weighted by molar-refractivity contribution is 0.102. The Balaban J connectivity index is 1.63. The Hall–Kier alpha value is -2.74. The predicted octanol–water partition coefficient (Wildman–Crippen LogP) is 4.83. The predicted molar refractivity (Wildman–Crippen MR) is 116 cm³/mol. The van der Waals surface area contributed by atoms with Crippen molar-refractivity contribution in [2.75, 3.05) is 5.32 Å². The highest BCUT2D eigenvalue weighted by Crippen LogP contribution is 2.26. The molecule has 0 bridgehead atoms. The van der Waals surface area contributed by atoms with Crippen LogP contribution in [-0.2, 0) is 13.0 Å². The summed E-state index contributed by atoms with van der Waals surface area (Å²) >= 11 is 7.42. The number of thiazole rings is 1. The van der Waals surface area contributed by atoms with E-state index in [0.29, 0.717) is 21.3 Å². The molecule has 0 spiro atoms. The number of anilines is 1. The van der Waals surface area contributed by atoms with E-state index in [9.17, 15) is 9.90 Å². The molecule has 0 unspecified atom stereocenters. The van der Waals surface area contributed by atoms with Crippen molar-refractivity contribution in [2.24, 2.45) is 0 Å². The summed E-state index contributed by atoms with van der Waals surface area (Å²) in [6.45, 7) is 1.97. The van der Waals surface area contributed by atoms with Crippen molar-refractivity contribution in [3.05, 3.63) is 69.9 Å². The molecular weight excluding hydrogens is 408 g/mol. The summed E-state index contributed by atoms with van der Waals surface area (Å²) in [5, 5.41) is 17.9. The number of benzene rings is 2. The molecule has 0 aliphatic carbocycles. The van der Waals surface area contributed by atoms with Crippen LogP contribution in [0, 0.1) is 0 Å². The zero-order chi connectivity index (χ0) is 20.4. The van der Waals surface area contributed by atoms with Gasteiger partial charge in [-0.2, -0.15) is 5.10 Å². The van der Waals surface area contributed by atoms with Gasteiger partial charge in [0.05, 0.1) is 40.0 Å². The van der Waals surface area contributed by atoms with Crippen LogP contribution in [0.1, 0.15) is 34.4 Å². The lowest BCUT2D eigenvalue weighted by Crippen LogP contribution is -2.14. The van der Waals surface area contributed by atoms with Gasteiger partial charge in [0.25, 0.3) is 5.91 Å². The number of aliphatic hydroxyl groups is 1. The van der Waals surface area contributed by atoms with Crippen molar-refractivity contribution in [2.45, 2.75) is 26.4 Å². The van der Waals surface area contributed by atoms with Crippen LogP contribution in [0.15, 0.2) is 48.7 Å². The van der Waals surface area contributed by atoms with Gasteiger partial charge in [-0.05, 0) is 48.9 Å². The number of carbonyl (C=O) groups excluding carboxylic acids is 1. The highest BCUT2D eigenvalue weighted by molar-refractivity contribution is 7.18. The Kier molecular flexibility index (Phi) is 5.62. The summed E-state index contributed by atoms with van der Waals surface area (Å²) < 4.78 is 2.75. The van der Waals surface area contributed by atoms with E-state index in [-0.39, 0.29) is 12.5 Å². The fraction of sp³-hybridized carbons (Fsp3) is 0.190. The molecule has 1 amide bonds. The van der Waals surface area contributed by atoms with E-state index in [4.69, 9.17) is 11.6 Å². The number of carbonyl (C=O) groups is 1. The van der Waals surface area contributed by atoms with E-state index < -0.39 is 0 Å². The molecule has 4 aromatic rings. The molecule has 4 rings (SSSR count). The SMILES string of the molecule is CCCc1c(C(=O)Nc2ccc3sc(CO)nc3c2)cnn1-c1ccc(Cl)cc1. The highest BCUT2D eigenvalue weighted by Gasteiger charge is 2.18. The number of aromatic nitrogens is 3. The van der Waals surface area contributed by atoms with Gasteiger partial charge in [0, 0.05) is 10.7 Å². The number of fused-ring (bicyclic) bond motifs is 1. The van der Waals surface area contributed by atoms with Crippen molar-refractivity contribution >= 4 is 44.7 Å². The maximum atomic E-state index is 13.0. The van der Waals surface area contributed by atoms with Gasteiger partial charge in [-0.25, -0.2) is 9.67 Å². The molecule has 0 saturated heterocycles. The largest absolute Gasteiger partial charge is 0.389 e. The quantitative estimate of drug-likeness (QED) is 0.462. The molecule has 0 atom stereocenters. The number of hydrogen-bond acceptors (Lipinski definition) is 5. The molecule has 0 aliphatic heterocycles. The molecule has 2 aromatic heterocycles. The summed E-state index contributed by atoms with van der Waals surface area (Å²) in [6.07, 6.45) is 3.20. The van der Waals surface area contributed by atoms with Crippen LogP contribution in [-0.4, -0.2) is 25.8 Å². The minimum atomic E-state index is -0.217. The molecule has 148 valence electrons. The molecule has 6 nitrogen and oxygen atoms in total. The van der Waals surface area contributed by atoms with Gasteiger partial charge in [0.2, 0.25) is 0 Å². The fourth-order valence-corrected chi connectivity index (χ4v) is 4.10. The van der Waals surface area contributed by atoms with Gasteiger partial charge in [0.15, 0.2) is 0 Å². The molecular formula is C21H19ClN4O2S. The summed E-state index contributed by atoms with van der Waals surface area (Å²) in [4.78, 5) is 17.3. The first-order chi connectivity index (χ1) is 14.1. The van der Waals surface area contributed by atoms with Crippen LogP contribution in [0.5, 0.6) is 0 Å². The van der Waals surface area contributed by atoms with Gasteiger partial charge in [0.1, 0.15) is 5.01 Å². The standard InChI is InChI=1S/C21H19ClN4O2S/c1-2-3-18-16(11-23-26(18)15-7-4-13(22)5-8-15)21(28)24-14-6-9-19-17(10-14)25-20(12-27)29-19/h4-11,27H,2-3,12H2,1H3,(H,24,28). The average molecular weight is 427 g/mol. The molecule has 2 N–H and O–H groups in total. The van der Waals surface area contributed by atoms with E-state index in [1.54, 1.807) is 23.0 Å². The molecule has 2 heterocycles. The molecule has 0 fully saturated rings. The van der Waals surface area contributed by atoms with E-state index in [0.717, 1.165) is 34.4 Å². The normalized spacial score (nSPS) is 11.1. The van der Waals surface area contributed by atoms with Gasteiger partial charge < -0.3 is 10.4 Å². The third-order valence-electron chi connectivity index (χ3n) is 4.50. The number of aliphatic hydroxyl groups excluding tert-OH is 1. The summed E-state index contributed by atoms with van der Waals surface area (Å²) in [7, 11) is 0. The highest BCUT2D eigenvalue weighted by atomic mass is 35.5. The lowest BCUT2D eigenvalue weighted by atomic mass is 10.1. The Morgan fingerprint density at radius 2 is 2.03 bits per heavy atom. The second-order valence-electron chi connectivity index (χ2n) is 6.55. The van der Waals surface area contributed by atoms with Gasteiger partial charge in [-0.15, -0.1) is 11.3 Å². The van der Waals surface area contributed by atoms with Gasteiger partial charge in [-0.1, -0.05) is 24.9 Å². The van der Waals surface area contributed by atoms with Crippen molar-refractivity contribution < 1.29 is 9.90 Å². The Morgan fingerprint density at radius 1 is 1.24 bits per heavy atom. The van der Waals surface area contributed by atoms with Crippen molar-refractivity contribution in [1.29, 1.82) is 0 Å². The van der Waals surface area contributed by atoms with Crippen LogP contribution in [0.3, 0.4) is 0 Å². The average Bonchev–Trinajstić information content (AvgIpc) is 3.32. The molecule has 2 aromatic carbocycles. The molecule has 29 heavy (non-hydrogen) atoms. The molecule has 0 radical (unpaired) electrons. The number of rotatable bonds is 6. The smallest absolute Gasteiger partial charge is 0.259 e. The number of nitrogens with one attached hydrogen (secondary N) is 1. The third-order valence-corrected chi connectivity index (χ3v) is 5.77.